The Morgan fingerprint density at radius 2 is 2.06 bits per heavy atom. The second-order valence-electron chi connectivity index (χ2n) is 2.65. The zero-order valence-electron chi connectivity index (χ0n) is 7.81. The van der Waals surface area contributed by atoms with Gasteiger partial charge < -0.3 is 9.84 Å². The molecule has 1 rings (SSSR count). The van der Waals surface area contributed by atoms with E-state index >= 15 is 0 Å². The van der Waals surface area contributed by atoms with Gasteiger partial charge in [0.15, 0.2) is 0 Å². The maximum Gasteiger partial charge on any atom is 0.573 e. The largest absolute Gasteiger partial charge is 0.573 e. The van der Waals surface area contributed by atoms with Gasteiger partial charge >= 0.3 is 6.36 Å². The van der Waals surface area contributed by atoms with Gasteiger partial charge in [-0.25, -0.2) is 0 Å². The average Bonchev–Trinajstić information content (AvgIpc) is 2.14. The molecule has 0 aromatic heterocycles. The Balaban J connectivity index is 2.91. The Hall–Kier alpha value is -1.38. The van der Waals surface area contributed by atoms with Gasteiger partial charge in [-0.05, 0) is 12.1 Å². The summed E-state index contributed by atoms with van der Waals surface area (Å²) >= 11 is 5.66. The predicted octanol–water partition coefficient (Wildman–Crippen LogP) is 2.58. The van der Waals surface area contributed by atoms with Crippen molar-refractivity contribution in [1.29, 1.82) is 0 Å². The van der Waals surface area contributed by atoms with Gasteiger partial charge in [-0.3, -0.25) is 0 Å². The molecule has 0 spiro atoms. The number of halogens is 4. The molecule has 0 bridgehead atoms. The first-order valence-electron chi connectivity index (χ1n) is 4.07. The lowest BCUT2D eigenvalue weighted by Gasteiger charge is -2.09. The summed E-state index contributed by atoms with van der Waals surface area (Å²) in [5.41, 5.74) is 0.324. The van der Waals surface area contributed by atoms with Crippen LogP contribution in [0.4, 0.5) is 13.2 Å². The normalized spacial score (nSPS) is 10.6. The van der Waals surface area contributed by atoms with Gasteiger partial charge in [0, 0.05) is 11.6 Å². The quantitative estimate of drug-likeness (QED) is 0.777. The fraction of sp³-hybridized carbons (Fsp3) is 0.200. The van der Waals surface area contributed by atoms with Crippen LogP contribution < -0.4 is 4.74 Å². The molecule has 1 aromatic carbocycles. The van der Waals surface area contributed by atoms with E-state index in [1.54, 1.807) is 0 Å². The van der Waals surface area contributed by atoms with E-state index in [-0.39, 0.29) is 11.6 Å². The first-order chi connectivity index (χ1) is 7.42. The van der Waals surface area contributed by atoms with E-state index < -0.39 is 12.1 Å². The standard InChI is InChI=1S/C10H6ClF3O2/c11-9-6-8(16-10(12,13)14)4-3-7(9)2-1-5-15/h3-4,6,15H,5H2. The molecular weight excluding hydrogens is 245 g/mol. The molecule has 1 N–H and O–H groups in total. The van der Waals surface area contributed by atoms with E-state index in [4.69, 9.17) is 16.7 Å². The fourth-order valence-electron chi connectivity index (χ4n) is 0.929. The first-order valence-corrected chi connectivity index (χ1v) is 4.45. The summed E-state index contributed by atoms with van der Waals surface area (Å²) in [5, 5.41) is 8.47. The Morgan fingerprint density at radius 1 is 1.38 bits per heavy atom. The van der Waals surface area contributed by atoms with E-state index in [0.29, 0.717) is 5.56 Å². The zero-order chi connectivity index (χ0) is 12.2. The molecule has 86 valence electrons. The third-order valence-corrected chi connectivity index (χ3v) is 1.79. The molecule has 0 atom stereocenters. The van der Waals surface area contributed by atoms with Crippen LogP contribution in [-0.4, -0.2) is 18.1 Å². The van der Waals surface area contributed by atoms with E-state index in [1.807, 2.05) is 0 Å². The highest BCUT2D eigenvalue weighted by Crippen LogP contribution is 2.27. The third kappa shape index (κ3) is 4.01. The summed E-state index contributed by atoms with van der Waals surface area (Å²) < 4.78 is 39.2. The Kier molecular flexibility index (Phi) is 4.05. The average molecular weight is 251 g/mol. The van der Waals surface area contributed by atoms with Crippen molar-refractivity contribution in [2.45, 2.75) is 6.36 Å². The molecule has 1 aromatic rings. The van der Waals surface area contributed by atoms with Crippen molar-refractivity contribution in [2.24, 2.45) is 0 Å². The van der Waals surface area contributed by atoms with Crippen molar-refractivity contribution < 1.29 is 23.0 Å². The van der Waals surface area contributed by atoms with Crippen molar-refractivity contribution in [1.82, 2.24) is 0 Å². The maximum absolute atomic E-state index is 11.8. The molecule has 0 heterocycles. The van der Waals surface area contributed by atoms with E-state index in [0.717, 1.165) is 12.1 Å². The van der Waals surface area contributed by atoms with Gasteiger partial charge in [-0.15, -0.1) is 13.2 Å². The molecule has 16 heavy (non-hydrogen) atoms. The lowest BCUT2D eigenvalue weighted by molar-refractivity contribution is -0.274. The Labute approximate surface area is 94.6 Å². The van der Waals surface area contributed by atoms with Crippen LogP contribution >= 0.6 is 11.6 Å². The topological polar surface area (TPSA) is 29.5 Å². The summed E-state index contributed by atoms with van der Waals surface area (Å²) in [6.45, 7) is -0.350. The second kappa shape index (κ2) is 5.10. The van der Waals surface area contributed by atoms with E-state index in [1.165, 1.54) is 6.07 Å². The number of aliphatic hydroxyl groups excluding tert-OH is 1. The Bertz CT molecular complexity index is 432. The highest BCUT2D eigenvalue weighted by atomic mass is 35.5. The molecule has 6 heteroatoms. The lowest BCUT2D eigenvalue weighted by Crippen LogP contribution is -2.17. The van der Waals surface area contributed by atoms with E-state index in [9.17, 15) is 13.2 Å². The molecular formula is C10H6ClF3O2. The van der Waals surface area contributed by atoms with Crippen LogP contribution in [0.2, 0.25) is 5.02 Å². The van der Waals surface area contributed by atoms with Gasteiger partial charge in [0.25, 0.3) is 0 Å². The number of aliphatic hydroxyl groups is 1. The van der Waals surface area contributed by atoms with Crippen LogP contribution in [-0.2, 0) is 0 Å². The first kappa shape index (κ1) is 12.7. The number of alkyl halides is 3. The molecule has 0 saturated carbocycles. The zero-order valence-corrected chi connectivity index (χ0v) is 8.56. The SMILES string of the molecule is OCC#Cc1ccc(OC(F)(F)F)cc1Cl. The number of benzene rings is 1. The Morgan fingerprint density at radius 3 is 2.56 bits per heavy atom. The summed E-state index contributed by atoms with van der Waals surface area (Å²) in [6, 6.07) is 3.39. The van der Waals surface area contributed by atoms with Crippen LogP contribution in [0.25, 0.3) is 0 Å². The summed E-state index contributed by atoms with van der Waals surface area (Å²) in [5.74, 6) is 4.40. The highest BCUT2D eigenvalue weighted by molar-refractivity contribution is 6.31. The number of hydrogen-bond acceptors (Lipinski definition) is 2. The molecule has 0 amide bonds. The minimum atomic E-state index is -4.75. The molecule has 0 unspecified atom stereocenters. The van der Waals surface area contributed by atoms with Crippen molar-refractivity contribution in [2.75, 3.05) is 6.61 Å². The van der Waals surface area contributed by atoms with Crippen LogP contribution in [0.1, 0.15) is 5.56 Å². The minimum Gasteiger partial charge on any atom is -0.406 e. The third-order valence-electron chi connectivity index (χ3n) is 1.48. The van der Waals surface area contributed by atoms with Crippen molar-refractivity contribution in [3.63, 3.8) is 0 Å². The van der Waals surface area contributed by atoms with Crippen molar-refractivity contribution in [3.8, 4) is 17.6 Å². The van der Waals surface area contributed by atoms with Gasteiger partial charge in [0.05, 0.1) is 5.02 Å². The second-order valence-corrected chi connectivity index (χ2v) is 3.06. The molecule has 0 aliphatic heterocycles. The fourth-order valence-corrected chi connectivity index (χ4v) is 1.15. The number of hydrogen-bond donors (Lipinski definition) is 1. The molecule has 0 aliphatic rings. The van der Waals surface area contributed by atoms with Crippen LogP contribution in [0.3, 0.4) is 0 Å². The predicted molar refractivity (Wildman–Crippen MR) is 52.1 cm³/mol. The number of ether oxygens (including phenoxy) is 1. The van der Waals surface area contributed by atoms with Crippen molar-refractivity contribution in [3.05, 3.63) is 28.8 Å². The van der Waals surface area contributed by atoms with E-state index in [2.05, 4.69) is 16.6 Å². The van der Waals surface area contributed by atoms with Crippen LogP contribution in [0.5, 0.6) is 5.75 Å². The highest BCUT2D eigenvalue weighted by Gasteiger charge is 2.31. The molecule has 2 nitrogen and oxygen atoms in total. The van der Waals surface area contributed by atoms with Gasteiger partial charge in [-0.1, -0.05) is 23.4 Å². The van der Waals surface area contributed by atoms with Crippen LogP contribution in [0.15, 0.2) is 18.2 Å². The monoisotopic (exact) mass is 250 g/mol. The van der Waals surface area contributed by atoms with Crippen molar-refractivity contribution >= 4 is 11.6 Å². The molecule has 0 radical (unpaired) electrons. The number of rotatable bonds is 1. The van der Waals surface area contributed by atoms with Gasteiger partial charge in [0.2, 0.25) is 0 Å². The molecule has 0 aliphatic carbocycles. The summed E-state index contributed by atoms with van der Waals surface area (Å²) in [6.07, 6.45) is -4.75. The minimum absolute atomic E-state index is 0.0303. The lowest BCUT2D eigenvalue weighted by atomic mass is 10.2. The molecule has 0 saturated heterocycles. The smallest absolute Gasteiger partial charge is 0.406 e. The summed E-state index contributed by atoms with van der Waals surface area (Å²) in [4.78, 5) is 0. The van der Waals surface area contributed by atoms with Gasteiger partial charge in [0.1, 0.15) is 12.4 Å². The summed E-state index contributed by atoms with van der Waals surface area (Å²) in [7, 11) is 0. The molecule has 0 fully saturated rings. The van der Waals surface area contributed by atoms with Crippen LogP contribution in [0, 0.1) is 11.8 Å². The maximum atomic E-state index is 11.8. The van der Waals surface area contributed by atoms with Gasteiger partial charge in [-0.2, -0.15) is 0 Å².